The van der Waals surface area contributed by atoms with Crippen LogP contribution < -0.4 is 5.32 Å². The number of hydrogen-bond donors (Lipinski definition) is 1. The molecule has 0 aliphatic heterocycles. The first-order valence-corrected chi connectivity index (χ1v) is 13.7. The minimum atomic E-state index is 0.872. The van der Waals surface area contributed by atoms with E-state index >= 15 is 0 Å². The molecule has 0 saturated carbocycles. The number of rotatable bonds is 24. The van der Waals surface area contributed by atoms with Crippen LogP contribution in [0.2, 0.25) is 0 Å². The predicted octanol–water partition coefficient (Wildman–Crippen LogP) is 9.78. The Kier molecular flexibility index (Phi) is 24.2. The molecule has 0 bridgehead atoms. The second-order valence-corrected chi connectivity index (χ2v) is 9.68. The number of nitrogens with one attached hydrogen (secondary N) is 1. The van der Waals surface area contributed by atoms with E-state index in [4.69, 9.17) is 0 Å². The molecule has 0 aliphatic rings. The lowest BCUT2D eigenvalue weighted by atomic mass is 9.97. The molecule has 30 heavy (non-hydrogen) atoms. The maximum Gasteiger partial charge on any atom is -0.00494 e. The number of allylic oxidation sites excluding steroid dienone is 3. The molecular weight excluding hydrogens is 362 g/mol. The van der Waals surface area contributed by atoms with Gasteiger partial charge in [0, 0.05) is 0 Å². The van der Waals surface area contributed by atoms with Crippen LogP contribution in [0.25, 0.3) is 0 Å². The summed E-state index contributed by atoms with van der Waals surface area (Å²) in [5, 5.41) is 3.25. The predicted molar refractivity (Wildman–Crippen MR) is 139 cm³/mol. The largest absolute Gasteiger partial charge is 0.320 e. The van der Waals surface area contributed by atoms with Crippen LogP contribution in [0.5, 0.6) is 0 Å². The average Bonchev–Trinajstić information content (AvgIpc) is 2.74. The second-order valence-electron chi connectivity index (χ2n) is 9.68. The van der Waals surface area contributed by atoms with E-state index in [1.807, 2.05) is 7.05 Å². The van der Waals surface area contributed by atoms with Crippen LogP contribution in [0.15, 0.2) is 24.3 Å². The minimum absolute atomic E-state index is 0.872. The van der Waals surface area contributed by atoms with E-state index < -0.39 is 0 Å². The van der Waals surface area contributed by atoms with E-state index in [1.165, 1.54) is 134 Å². The van der Waals surface area contributed by atoms with Gasteiger partial charge in [0.25, 0.3) is 0 Å². The van der Waals surface area contributed by atoms with Crippen LogP contribution in [0.3, 0.4) is 0 Å². The Hall–Kier alpha value is -0.560. The summed E-state index contributed by atoms with van der Waals surface area (Å²) in [6.45, 7) is 10.2. The highest BCUT2D eigenvalue weighted by Crippen LogP contribution is 2.18. The second kappa shape index (κ2) is 24.7. The van der Waals surface area contributed by atoms with Gasteiger partial charge in [-0.25, -0.2) is 0 Å². The molecule has 0 aromatic rings. The van der Waals surface area contributed by atoms with Gasteiger partial charge in [-0.3, -0.25) is 0 Å². The summed E-state index contributed by atoms with van der Waals surface area (Å²) in [5.41, 5.74) is 1.50. The highest BCUT2D eigenvalue weighted by Gasteiger charge is 2.02. The lowest BCUT2D eigenvalue weighted by molar-refractivity contribution is 0.453. The molecule has 1 nitrogen and oxygen atoms in total. The Bertz CT molecular complexity index is 371. The van der Waals surface area contributed by atoms with Crippen molar-refractivity contribution in [3.63, 3.8) is 0 Å². The van der Waals surface area contributed by atoms with E-state index in [9.17, 15) is 0 Å². The number of hydrogen-bond acceptors (Lipinski definition) is 1. The third-order valence-electron chi connectivity index (χ3n) is 6.41. The van der Waals surface area contributed by atoms with Crippen LogP contribution in [0.1, 0.15) is 142 Å². The fourth-order valence-electron chi connectivity index (χ4n) is 4.15. The Balaban J connectivity index is 3.27. The third kappa shape index (κ3) is 23.7. The molecule has 0 aromatic carbocycles. The van der Waals surface area contributed by atoms with Crippen molar-refractivity contribution in [1.82, 2.24) is 5.32 Å². The summed E-state index contributed by atoms with van der Waals surface area (Å²) in [5.74, 6) is 0.872. The fraction of sp³-hybridized carbons (Fsp3) is 0.862. The molecule has 1 atom stereocenters. The maximum absolute atomic E-state index is 4.31. The van der Waals surface area contributed by atoms with Crippen molar-refractivity contribution in [2.45, 2.75) is 142 Å². The van der Waals surface area contributed by atoms with E-state index in [-0.39, 0.29) is 0 Å². The Morgan fingerprint density at radius 3 is 1.77 bits per heavy atom. The van der Waals surface area contributed by atoms with Gasteiger partial charge in [0.05, 0.1) is 0 Å². The molecule has 0 aromatic heterocycles. The highest BCUT2D eigenvalue weighted by molar-refractivity contribution is 4.93. The first-order chi connectivity index (χ1) is 14.7. The van der Waals surface area contributed by atoms with Crippen molar-refractivity contribution < 1.29 is 0 Å². The zero-order valence-corrected chi connectivity index (χ0v) is 21.3. The van der Waals surface area contributed by atoms with Gasteiger partial charge in [0.2, 0.25) is 0 Å². The molecule has 0 rings (SSSR count). The summed E-state index contributed by atoms with van der Waals surface area (Å²) < 4.78 is 0. The summed E-state index contributed by atoms with van der Waals surface area (Å²) in [6, 6.07) is 0. The van der Waals surface area contributed by atoms with Gasteiger partial charge in [-0.2, -0.15) is 0 Å². The van der Waals surface area contributed by atoms with E-state index in [0.29, 0.717) is 0 Å². The molecule has 0 fully saturated rings. The van der Waals surface area contributed by atoms with Gasteiger partial charge in [-0.05, 0) is 77.3 Å². The van der Waals surface area contributed by atoms with E-state index in [0.717, 1.165) is 12.5 Å². The molecule has 0 radical (unpaired) electrons. The van der Waals surface area contributed by atoms with Crippen molar-refractivity contribution in [3.05, 3.63) is 24.3 Å². The normalized spacial score (nSPS) is 12.6. The van der Waals surface area contributed by atoms with Gasteiger partial charge < -0.3 is 5.32 Å². The van der Waals surface area contributed by atoms with E-state index in [1.54, 1.807) is 0 Å². The van der Waals surface area contributed by atoms with Crippen molar-refractivity contribution in [2.75, 3.05) is 13.6 Å². The molecule has 0 aliphatic carbocycles. The Morgan fingerprint density at radius 1 is 0.700 bits per heavy atom. The molecule has 0 saturated heterocycles. The SMILES string of the molecule is C=C(CCCCCCC/C=C\CCCCCCCC)CCCCCC(C)CCNC. The van der Waals surface area contributed by atoms with Gasteiger partial charge >= 0.3 is 0 Å². The molecule has 1 heteroatoms. The van der Waals surface area contributed by atoms with Crippen molar-refractivity contribution in [1.29, 1.82) is 0 Å². The first kappa shape index (κ1) is 29.4. The van der Waals surface area contributed by atoms with Crippen LogP contribution >= 0.6 is 0 Å². The van der Waals surface area contributed by atoms with Gasteiger partial charge in [0.1, 0.15) is 0 Å². The van der Waals surface area contributed by atoms with Crippen molar-refractivity contribution in [2.24, 2.45) is 5.92 Å². The molecule has 1 N–H and O–H groups in total. The van der Waals surface area contributed by atoms with Crippen LogP contribution in [-0.2, 0) is 0 Å². The van der Waals surface area contributed by atoms with Gasteiger partial charge in [-0.1, -0.05) is 109 Å². The topological polar surface area (TPSA) is 12.0 Å². The molecule has 0 amide bonds. The third-order valence-corrected chi connectivity index (χ3v) is 6.41. The maximum atomic E-state index is 4.31. The molecule has 0 heterocycles. The smallest absolute Gasteiger partial charge is 0.00494 e. The summed E-state index contributed by atoms with van der Waals surface area (Å²) >= 11 is 0. The summed E-state index contributed by atoms with van der Waals surface area (Å²) in [6.07, 6.45) is 32.2. The average molecular weight is 420 g/mol. The minimum Gasteiger partial charge on any atom is -0.320 e. The zero-order chi connectivity index (χ0) is 22.1. The molecule has 178 valence electrons. The lowest BCUT2D eigenvalue weighted by Gasteiger charge is -2.11. The lowest BCUT2D eigenvalue weighted by Crippen LogP contribution is -2.11. The molecule has 1 unspecified atom stereocenters. The van der Waals surface area contributed by atoms with Crippen LogP contribution in [0, 0.1) is 5.92 Å². The Morgan fingerprint density at radius 2 is 1.20 bits per heavy atom. The highest BCUT2D eigenvalue weighted by atomic mass is 14.8. The number of unbranched alkanes of at least 4 members (excludes halogenated alkanes) is 13. The quantitative estimate of drug-likeness (QED) is 0.121. The van der Waals surface area contributed by atoms with Crippen LogP contribution in [0.4, 0.5) is 0 Å². The monoisotopic (exact) mass is 419 g/mol. The standard InChI is InChI=1S/C29H57N/c1-5-6-7-8-9-10-11-12-13-14-15-16-17-18-20-23-28(2)24-21-19-22-25-29(3)26-27-30-4/h12-13,29-30H,2,5-11,14-27H2,1,3-4H3/b13-12-. The van der Waals surface area contributed by atoms with Gasteiger partial charge in [0.15, 0.2) is 0 Å². The van der Waals surface area contributed by atoms with Gasteiger partial charge in [-0.15, -0.1) is 0 Å². The zero-order valence-electron chi connectivity index (χ0n) is 21.3. The summed E-state index contributed by atoms with van der Waals surface area (Å²) in [7, 11) is 2.05. The first-order valence-electron chi connectivity index (χ1n) is 13.7. The Labute approximate surface area is 191 Å². The summed E-state index contributed by atoms with van der Waals surface area (Å²) in [4.78, 5) is 0. The van der Waals surface area contributed by atoms with Crippen molar-refractivity contribution in [3.8, 4) is 0 Å². The molecular formula is C29H57N. The fourth-order valence-corrected chi connectivity index (χ4v) is 4.15. The van der Waals surface area contributed by atoms with Crippen molar-refractivity contribution >= 4 is 0 Å². The van der Waals surface area contributed by atoms with E-state index in [2.05, 4.69) is 37.9 Å². The molecule has 0 spiro atoms. The van der Waals surface area contributed by atoms with Crippen LogP contribution in [-0.4, -0.2) is 13.6 Å².